The lowest BCUT2D eigenvalue weighted by Gasteiger charge is -2.41. The molecular weight excluding hydrogens is 762 g/mol. The molecule has 7 rings (SSSR count). The van der Waals surface area contributed by atoms with E-state index < -0.39 is 70.4 Å². The first kappa shape index (κ1) is 37.2. The number of rotatable bonds is 4. The van der Waals surface area contributed by atoms with Crippen molar-refractivity contribution < 1.29 is 36.4 Å². The van der Waals surface area contributed by atoms with Gasteiger partial charge in [-0.25, -0.2) is 38.9 Å². The van der Waals surface area contributed by atoms with Crippen LogP contribution in [0.15, 0.2) is 25.3 Å². The Bertz CT molecular complexity index is 2060. The molecule has 278 valence electrons. The quantitative estimate of drug-likeness (QED) is 0.122. The van der Waals surface area contributed by atoms with E-state index in [0.29, 0.717) is 22.3 Å². The van der Waals surface area contributed by atoms with Crippen molar-refractivity contribution in [1.29, 1.82) is 0 Å². The molecular formula is C28H41FN10O7P2S2Si. The van der Waals surface area contributed by atoms with Crippen molar-refractivity contribution in [2.45, 2.75) is 101 Å². The van der Waals surface area contributed by atoms with Crippen molar-refractivity contribution in [1.82, 2.24) is 39.0 Å². The maximum absolute atomic E-state index is 16.6. The van der Waals surface area contributed by atoms with Gasteiger partial charge in [-0.1, -0.05) is 33.0 Å². The van der Waals surface area contributed by atoms with E-state index >= 15 is 4.39 Å². The Balaban J connectivity index is 1.27. The van der Waals surface area contributed by atoms with E-state index in [9.17, 15) is 9.46 Å². The van der Waals surface area contributed by atoms with Crippen molar-refractivity contribution in [3.05, 3.63) is 25.3 Å². The van der Waals surface area contributed by atoms with E-state index in [-0.39, 0.29) is 42.5 Å². The van der Waals surface area contributed by atoms with E-state index in [2.05, 4.69) is 62.9 Å². The summed E-state index contributed by atoms with van der Waals surface area (Å²) in [5.41, 5.74) is 13.5. The summed E-state index contributed by atoms with van der Waals surface area (Å²) >= 11 is 9.99. The van der Waals surface area contributed by atoms with Gasteiger partial charge in [0.15, 0.2) is 31.2 Å². The smallest absolute Gasteiger partial charge is 0.386 e. The van der Waals surface area contributed by atoms with E-state index in [1.807, 2.05) is 13.1 Å². The number of nitrogens with zero attached hydrogens (tertiary/aromatic N) is 8. The van der Waals surface area contributed by atoms with Gasteiger partial charge in [0.25, 0.3) is 0 Å². The maximum atomic E-state index is 16.6. The number of nitrogen functional groups attached to an aromatic ring is 2. The fourth-order valence-electron chi connectivity index (χ4n) is 6.93. The predicted molar refractivity (Wildman–Crippen MR) is 196 cm³/mol. The molecule has 0 aromatic carbocycles. The number of alkyl halides is 1. The topological polar surface area (TPSA) is 223 Å². The lowest BCUT2D eigenvalue weighted by atomic mass is 10.0. The fraction of sp³-hybridized carbons (Fsp3) is 0.643. The minimum absolute atomic E-state index is 0.110. The second-order valence-electron chi connectivity index (χ2n) is 14.7. The standard InChI is InChI=1S/C28H41FN10O7P2S2Si/c1-28(2,3)51(4,5)46-23-17-9-16(39-13-37-20-25(31)33-11-35-27(20)39)22(23)45-47(40,49)42-7-6-14-8-15(18(29)21(14)44-48(41,50)43-17)38-12-36-19-24(30)32-10-34-26(19)38/h10-18,21-23H,6-9H2,1-5H3,(H,40,49)(H,41,50)(H2,30,32,34)(H2,31,33,35)/t14-,15+,16+,17-,18-,21+,22-,23?,47?,48?/m0/s1. The number of hydrogen-bond donors (Lipinski definition) is 4. The van der Waals surface area contributed by atoms with Gasteiger partial charge in [-0.05, 0) is 48.7 Å². The first-order chi connectivity index (χ1) is 23.9. The molecule has 2 bridgehead atoms. The number of nitrogens with two attached hydrogens (primary N) is 2. The van der Waals surface area contributed by atoms with Crippen LogP contribution in [-0.2, 0) is 38.9 Å². The highest BCUT2D eigenvalue weighted by molar-refractivity contribution is 8.44. The summed E-state index contributed by atoms with van der Waals surface area (Å²) in [5.74, 6) is -0.233. The van der Waals surface area contributed by atoms with Crippen LogP contribution in [0.2, 0.25) is 18.1 Å². The first-order valence-corrected chi connectivity index (χ1v) is 24.6. The molecule has 5 N–H and O–H groups in total. The van der Waals surface area contributed by atoms with Crippen LogP contribution < -0.4 is 11.5 Å². The van der Waals surface area contributed by atoms with Gasteiger partial charge in [0, 0.05) is 6.42 Å². The third kappa shape index (κ3) is 7.00. The van der Waals surface area contributed by atoms with Crippen LogP contribution >= 0.6 is 25.8 Å². The van der Waals surface area contributed by atoms with Crippen molar-refractivity contribution >= 4 is 79.9 Å². The highest BCUT2D eigenvalue weighted by Gasteiger charge is 2.56. The zero-order valence-corrected chi connectivity index (χ0v) is 33.0. The highest BCUT2D eigenvalue weighted by atomic mass is 32.7. The van der Waals surface area contributed by atoms with Crippen LogP contribution in [0.25, 0.3) is 22.3 Å². The predicted octanol–water partition coefficient (Wildman–Crippen LogP) is 4.90. The molecule has 4 aromatic heterocycles. The minimum atomic E-state index is -4.33. The minimum Gasteiger partial charge on any atom is -0.409 e. The van der Waals surface area contributed by atoms with Gasteiger partial charge in [-0.3, -0.25) is 9.05 Å². The largest absolute Gasteiger partial charge is 0.409 e. The summed E-state index contributed by atoms with van der Waals surface area (Å²) in [6, 6.07) is -1.51. The summed E-state index contributed by atoms with van der Waals surface area (Å²) in [7, 11) is -2.62. The Morgan fingerprint density at radius 1 is 0.961 bits per heavy atom. The molecule has 0 amide bonds. The van der Waals surface area contributed by atoms with Crippen LogP contribution in [0.4, 0.5) is 16.0 Å². The Hall–Kier alpha value is -2.16. The molecule has 17 nitrogen and oxygen atoms in total. The number of anilines is 2. The second-order valence-corrected chi connectivity index (χ2v) is 25.0. The summed E-state index contributed by atoms with van der Waals surface area (Å²) < 4.78 is 65.8. The molecule has 2 aliphatic carbocycles. The van der Waals surface area contributed by atoms with E-state index in [4.69, 9.17) is 45.8 Å². The molecule has 2 saturated carbocycles. The Morgan fingerprint density at radius 3 is 2.14 bits per heavy atom. The molecule has 3 fully saturated rings. The van der Waals surface area contributed by atoms with Gasteiger partial charge < -0.3 is 39.0 Å². The molecule has 5 heterocycles. The van der Waals surface area contributed by atoms with E-state index in [0.717, 1.165) is 0 Å². The van der Waals surface area contributed by atoms with Crippen LogP contribution in [0.5, 0.6) is 0 Å². The summed E-state index contributed by atoms with van der Waals surface area (Å²) in [4.78, 5) is 36.9. The van der Waals surface area contributed by atoms with Gasteiger partial charge in [-0.2, -0.15) is 0 Å². The van der Waals surface area contributed by atoms with Crippen molar-refractivity contribution in [3.8, 4) is 0 Å². The average Bonchev–Trinajstić information content (AvgIpc) is 3.79. The summed E-state index contributed by atoms with van der Waals surface area (Å²) in [6.45, 7) is 1.86. The third-order valence-corrected chi connectivity index (χ3v) is 18.2. The number of halogens is 1. The average molecular weight is 803 g/mol. The molecule has 0 radical (unpaired) electrons. The molecule has 3 unspecified atom stereocenters. The lowest BCUT2D eigenvalue weighted by molar-refractivity contribution is -0.0100. The molecule has 23 heteroatoms. The molecule has 1 aliphatic heterocycles. The molecule has 1 saturated heterocycles. The van der Waals surface area contributed by atoms with Crippen molar-refractivity contribution in [3.63, 3.8) is 0 Å². The van der Waals surface area contributed by atoms with Gasteiger partial charge in [0.2, 0.25) is 0 Å². The number of thiol groups is 1. The number of fused-ring (bicyclic) bond motifs is 5. The zero-order chi connectivity index (χ0) is 36.7. The lowest BCUT2D eigenvalue weighted by Crippen LogP contribution is -2.49. The highest BCUT2D eigenvalue weighted by Crippen LogP contribution is 2.62. The van der Waals surface area contributed by atoms with Crippen LogP contribution in [0.3, 0.4) is 0 Å². The first-order valence-electron chi connectivity index (χ1n) is 16.4. The number of hydrogen-bond acceptors (Lipinski definition) is 15. The van der Waals surface area contributed by atoms with E-state index in [1.54, 1.807) is 9.13 Å². The van der Waals surface area contributed by atoms with Crippen LogP contribution in [0, 0.1) is 5.92 Å². The molecule has 3 aliphatic rings. The monoisotopic (exact) mass is 802 g/mol. The van der Waals surface area contributed by atoms with E-state index in [1.165, 1.54) is 25.3 Å². The van der Waals surface area contributed by atoms with Crippen molar-refractivity contribution in [2.24, 2.45) is 5.92 Å². The second kappa shape index (κ2) is 13.3. The Labute approximate surface area is 304 Å². The molecule has 4 aromatic rings. The van der Waals surface area contributed by atoms with Crippen LogP contribution in [0.1, 0.15) is 52.1 Å². The third-order valence-electron chi connectivity index (χ3n) is 10.5. The molecule has 0 spiro atoms. The molecule has 51 heavy (non-hydrogen) atoms. The fourth-order valence-corrected chi connectivity index (χ4v) is 11.6. The van der Waals surface area contributed by atoms with Gasteiger partial charge in [0.05, 0.1) is 37.4 Å². The Kier molecular flexibility index (Phi) is 9.69. The zero-order valence-electron chi connectivity index (χ0n) is 28.5. The number of aromatic nitrogens is 8. The summed E-state index contributed by atoms with van der Waals surface area (Å²) in [6.07, 6.45) is 0.179. The summed E-state index contributed by atoms with van der Waals surface area (Å²) in [5, 5.41) is -0.274. The van der Waals surface area contributed by atoms with Gasteiger partial charge >= 0.3 is 13.5 Å². The molecule has 10 atom stereocenters. The van der Waals surface area contributed by atoms with Gasteiger partial charge in [-0.15, -0.1) is 0 Å². The number of imidazole rings is 2. The van der Waals surface area contributed by atoms with Crippen LogP contribution in [-0.4, -0.2) is 89.4 Å². The Morgan fingerprint density at radius 2 is 1.55 bits per heavy atom. The SMILES string of the molecule is CC(C)(C)[Si](C)(C)OC1[C@@H]2C[C@@H](n3cnc4c(N)ncnc43)[C@@H]1OP(O)(=S)OCC[C@H]1C[C@@H](n3cnc4c(N)ncnc43)[C@H](F)[C@@H]1OP(=O)(S)O2. The van der Waals surface area contributed by atoms with Gasteiger partial charge in [0.1, 0.15) is 48.2 Å². The van der Waals surface area contributed by atoms with Crippen molar-refractivity contribution in [2.75, 3.05) is 18.1 Å². The maximum Gasteiger partial charge on any atom is 0.386 e. The normalized spacial score (nSPS) is 35.4.